The van der Waals surface area contributed by atoms with Crippen LogP contribution in [0.25, 0.3) is 0 Å². The SMILES string of the molecule is O=C(Nc1ccccc1Oc1ncc(Cl)cc1Cl)c1ccc(OC(F)F)cc1. The first kappa shape index (κ1) is 19.9. The molecular formula is C19H12Cl2F2N2O3. The molecule has 9 heteroatoms. The van der Waals surface area contributed by atoms with E-state index in [0.29, 0.717) is 16.5 Å². The van der Waals surface area contributed by atoms with Crippen LogP contribution in [0.15, 0.2) is 60.8 Å². The van der Waals surface area contributed by atoms with Gasteiger partial charge in [-0.15, -0.1) is 0 Å². The van der Waals surface area contributed by atoms with Gasteiger partial charge in [-0.25, -0.2) is 4.98 Å². The van der Waals surface area contributed by atoms with E-state index in [-0.39, 0.29) is 22.2 Å². The molecule has 0 spiro atoms. The number of pyridine rings is 1. The number of nitrogens with zero attached hydrogens (tertiary/aromatic N) is 1. The number of rotatable bonds is 6. The Bertz CT molecular complexity index is 985. The highest BCUT2D eigenvalue weighted by Crippen LogP contribution is 2.33. The van der Waals surface area contributed by atoms with Gasteiger partial charge in [-0.2, -0.15) is 8.78 Å². The first-order chi connectivity index (χ1) is 13.4. The molecule has 1 N–H and O–H groups in total. The lowest BCUT2D eigenvalue weighted by atomic mass is 10.2. The van der Waals surface area contributed by atoms with Crippen LogP contribution in [0.4, 0.5) is 14.5 Å². The molecule has 0 bridgehead atoms. The second kappa shape index (κ2) is 8.86. The van der Waals surface area contributed by atoms with Crippen LogP contribution in [-0.2, 0) is 0 Å². The Kier molecular flexibility index (Phi) is 6.28. The highest BCUT2D eigenvalue weighted by Gasteiger charge is 2.13. The molecule has 0 fully saturated rings. The lowest BCUT2D eigenvalue weighted by Gasteiger charge is -2.12. The first-order valence-electron chi connectivity index (χ1n) is 7.86. The van der Waals surface area contributed by atoms with Gasteiger partial charge in [0.1, 0.15) is 10.8 Å². The number of benzene rings is 2. The molecule has 144 valence electrons. The summed E-state index contributed by atoms with van der Waals surface area (Å²) < 4.78 is 34.3. The molecule has 28 heavy (non-hydrogen) atoms. The van der Waals surface area contributed by atoms with Crippen molar-refractivity contribution >= 4 is 34.8 Å². The van der Waals surface area contributed by atoms with Crippen molar-refractivity contribution in [2.75, 3.05) is 5.32 Å². The van der Waals surface area contributed by atoms with E-state index in [2.05, 4.69) is 15.0 Å². The van der Waals surface area contributed by atoms with Gasteiger partial charge < -0.3 is 14.8 Å². The molecule has 0 aliphatic rings. The summed E-state index contributed by atoms with van der Waals surface area (Å²) in [6.07, 6.45) is 1.38. The van der Waals surface area contributed by atoms with Gasteiger partial charge in [-0.1, -0.05) is 35.3 Å². The molecule has 3 aromatic rings. The number of carbonyl (C=O) groups is 1. The van der Waals surface area contributed by atoms with Crippen molar-refractivity contribution in [3.8, 4) is 17.4 Å². The maximum atomic E-state index is 12.4. The number of anilines is 1. The predicted octanol–water partition coefficient (Wildman–Crippen LogP) is 6.03. The summed E-state index contributed by atoms with van der Waals surface area (Å²) >= 11 is 11.9. The molecule has 1 aromatic heterocycles. The van der Waals surface area contributed by atoms with Gasteiger partial charge in [0, 0.05) is 11.8 Å². The van der Waals surface area contributed by atoms with Crippen LogP contribution in [-0.4, -0.2) is 17.5 Å². The van der Waals surface area contributed by atoms with Crippen molar-refractivity contribution in [3.63, 3.8) is 0 Å². The van der Waals surface area contributed by atoms with Gasteiger partial charge in [0.15, 0.2) is 5.75 Å². The molecule has 0 radical (unpaired) electrons. The third kappa shape index (κ3) is 5.09. The molecule has 3 rings (SSSR count). The van der Waals surface area contributed by atoms with E-state index in [0.717, 1.165) is 0 Å². The molecule has 2 aromatic carbocycles. The number of ether oxygens (including phenoxy) is 2. The fraction of sp³-hybridized carbons (Fsp3) is 0.0526. The average Bonchev–Trinajstić information content (AvgIpc) is 2.65. The van der Waals surface area contributed by atoms with Gasteiger partial charge in [0.05, 0.1) is 10.7 Å². The number of amides is 1. The van der Waals surface area contributed by atoms with Gasteiger partial charge in [0.2, 0.25) is 5.88 Å². The van der Waals surface area contributed by atoms with Crippen LogP contribution < -0.4 is 14.8 Å². The van der Waals surface area contributed by atoms with Gasteiger partial charge in [0.25, 0.3) is 5.91 Å². The Balaban J connectivity index is 1.76. The molecule has 0 unspecified atom stereocenters. The predicted molar refractivity (Wildman–Crippen MR) is 102 cm³/mol. The summed E-state index contributed by atoms with van der Waals surface area (Å²) in [5.74, 6) is -0.0694. The van der Waals surface area contributed by atoms with Crippen molar-refractivity contribution in [1.82, 2.24) is 4.98 Å². The molecule has 1 heterocycles. The topological polar surface area (TPSA) is 60.5 Å². The zero-order valence-corrected chi connectivity index (χ0v) is 15.5. The van der Waals surface area contributed by atoms with E-state index in [9.17, 15) is 13.6 Å². The molecule has 0 saturated heterocycles. The fourth-order valence-corrected chi connectivity index (χ4v) is 2.64. The summed E-state index contributed by atoms with van der Waals surface area (Å²) in [6.45, 7) is -2.93. The number of para-hydroxylation sites is 2. The lowest BCUT2D eigenvalue weighted by Crippen LogP contribution is -2.12. The Hall–Kier alpha value is -2.90. The number of hydrogen-bond donors (Lipinski definition) is 1. The summed E-state index contributed by atoms with van der Waals surface area (Å²) in [6, 6.07) is 13.5. The van der Waals surface area contributed by atoms with Gasteiger partial charge in [-0.05, 0) is 42.5 Å². The molecular weight excluding hydrogens is 413 g/mol. The van der Waals surface area contributed by atoms with E-state index in [1.165, 1.54) is 36.5 Å². The first-order valence-corrected chi connectivity index (χ1v) is 8.62. The Labute approximate surface area is 168 Å². The van der Waals surface area contributed by atoms with Gasteiger partial charge in [-0.3, -0.25) is 4.79 Å². The highest BCUT2D eigenvalue weighted by molar-refractivity contribution is 6.35. The Morgan fingerprint density at radius 1 is 1.07 bits per heavy atom. The quantitative estimate of drug-likeness (QED) is 0.524. The summed E-state index contributed by atoms with van der Waals surface area (Å²) in [5, 5.41) is 3.26. The maximum absolute atomic E-state index is 12.4. The fourth-order valence-electron chi connectivity index (χ4n) is 2.22. The van der Waals surface area contributed by atoms with Gasteiger partial charge >= 0.3 is 6.61 Å². The number of alkyl halides is 2. The smallest absolute Gasteiger partial charge is 0.387 e. The van der Waals surface area contributed by atoms with Crippen LogP contribution >= 0.6 is 23.2 Å². The normalized spacial score (nSPS) is 10.6. The van der Waals surface area contributed by atoms with E-state index < -0.39 is 12.5 Å². The number of carbonyl (C=O) groups excluding carboxylic acids is 1. The lowest BCUT2D eigenvalue weighted by molar-refractivity contribution is -0.0498. The van der Waals surface area contributed by atoms with Crippen molar-refractivity contribution in [2.24, 2.45) is 0 Å². The third-order valence-corrected chi connectivity index (χ3v) is 3.94. The second-order valence-electron chi connectivity index (χ2n) is 5.40. The minimum absolute atomic E-state index is 0.0428. The minimum atomic E-state index is -2.93. The molecule has 0 atom stereocenters. The largest absolute Gasteiger partial charge is 0.435 e. The van der Waals surface area contributed by atoms with E-state index in [1.807, 2.05) is 0 Å². The molecule has 5 nitrogen and oxygen atoms in total. The number of aromatic nitrogens is 1. The van der Waals surface area contributed by atoms with Crippen LogP contribution in [0, 0.1) is 0 Å². The van der Waals surface area contributed by atoms with E-state index in [4.69, 9.17) is 27.9 Å². The number of hydrogen-bond acceptors (Lipinski definition) is 4. The average molecular weight is 425 g/mol. The Morgan fingerprint density at radius 2 is 1.79 bits per heavy atom. The summed E-state index contributed by atoms with van der Waals surface area (Å²) in [7, 11) is 0. The molecule has 0 aliphatic carbocycles. The maximum Gasteiger partial charge on any atom is 0.387 e. The van der Waals surface area contributed by atoms with E-state index >= 15 is 0 Å². The van der Waals surface area contributed by atoms with Crippen LogP contribution in [0.2, 0.25) is 10.0 Å². The Morgan fingerprint density at radius 3 is 2.46 bits per heavy atom. The second-order valence-corrected chi connectivity index (χ2v) is 6.24. The number of nitrogens with one attached hydrogen (secondary N) is 1. The van der Waals surface area contributed by atoms with E-state index in [1.54, 1.807) is 24.3 Å². The zero-order chi connectivity index (χ0) is 20.1. The van der Waals surface area contributed by atoms with Crippen LogP contribution in [0.1, 0.15) is 10.4 Å². The number of halogens is 4. The van der Waals surface area contributed by atoms with Crippen molar-refractivity contribution in [3.05, 3.63) is 76.4 Å². The van der Waals surface area contributed by atoms with Crippen molar-refractivity contribution in [1.29, 1.82) is 0 Å². The third-order valence-electron chi connectivity index (χ3n) is 3.46. The van der Waals surface area contributed by atoms with Crippen molar-refractivity contribution < 1.29 is 23.0 Å². The standard InChI is InChI=1S/C19H12Cl2F2N2O3/c20-12-9-14(21)18(24-10-12)28-16-4-2-1-3-15(16)25-17(26)11-5-7-13(8-6-11)27-19(22)23/h1-10,19H,(H,25,26). The zero-order valence-electron chi connectivity index (χ0n) is 14.0. The van der Waals surface area contributed by atoms with Crippen LogP contribution in [0.5, 0.6) is 17.4 Å². The van der Waals surface area contributed by atoms with Crippen LogP contribution in [0.3, 0.4) is 0 Å². The minimum Gasteiger partial charge on any atom is -0.435 e. The monoisotopic (exact) mass is 424 g/mol. The summed E-state index contributed by atoms with van der Waals surface area (Å²) in [5.41, 5.74) is 0.618. The molecule has 0 aliphatic heterocycles. The molecule has 0 saturated carbocycles. The van der Waals surface area contributed by atoms with Crippen molar-refractivity contribution in [2.45, 2.75) is 6.61 Å². The molecule has 1 amide bonds. The summed E-state index contributed by atoms with van der Waals surface area (Å²) in [4.78, 5) is 16.5. The highest BCUT2D eigenvalue weighted by atomic mass is 35.5.